The molecule has 0 aromatic heterocycles. The summed E-state index contributed by atoms with van der Waals surface area (Å²) in [5, 5.41) is 11.3. The maximum absolute atomic E-state index is 12.6. The van der Waals surface area contributed by atoms with Crippen LogP contribution in [-0.2, 0) is 10.0 Å². The molecule has 138 valence electrons. The Hall–Kier alpha value is -2.65. The highest BCUT2D eigenvalue weighted by Gasteiger charge is 2.23. The van der Waals surface area contributed by atoms with Gasteiger partial charge in [-0.25, -0.2) is 8.42 Å². The van der Waals surface area contributed by atoms with Crippen LogP contribution in [0.3, 0.4) is 0 Å². The number of anilines is 1. The first-order valence-corrected chi connectivity index (χ1v) is 9.18. The van der Waals surface area contributed by atoms with Gasteiger partial charge in [-0.05, 0) is 31.2 Å². The number of nitrogens with zero attached hydrogens (tertiary/aromatic N) is 2. The zero-order chi connectivity index (χ0) is 19.6. The molecule has 0 atom stereocenters. The Morgan fingerprint density at radius 2 is 1.85 bits per heavy atom. The number of carbonyl (C=O) groups excluding carboxylic acids is 1. The van der Waals surface area contributed by atoms with Crippen LogP contribution in [0.1, 0.15) is 15.9 Å². The number of sulfonamides is 1. The number of hydrogen-bond donors (Lipinski definition) is 1. The lowest BCUT2D eigenvalue weighted by Gasteiger charge is -2.16. The molecule has 0 radical (unpaired) electrons. The number of benzene rings is 2. The van der Waals surface area contributed by atoms with Crippen LogP contribution in [0.5, 0.6) is 0 Å². The van der Waals surface area contributed by atoms with Crippen LogP contribution in [0.15, 0.2) is 41.3 Å². The van der Waals surface area contributed by atoms with Crippen molar-refractivity contribution in [2.24, 2.45) is 0 Å². The van der Waals surface area contributed by atoms with Crippen LogP contribution < -0.4 is 4.72 Å². The molecule has 2 aromatic carbocycles. The number of rotatable bonds is 5. The highest BCUT2D eigenvalue weighted by Crippen LogP contribution is 2.27. The SMILES string of the molecule is Cc1ccc(S(=O)(=O)Nc2cc(Cl)ccc2C(=O)N(C)C)cc1[N+](=O)[O-]. The molecule has 10 heteroatoms. The molecule has 2 aromatic rings. The van der Waals surface area contributed by atoms with Gasteiger partial charge in [0.25, 0.3) is 21.6 Å². The Morgan fingerprint density at radius 3 is 2.42 bits per heavy atom. The molecule has 0 bridgehead atoms. The second-order valence-corrected chi connectivity index (χ2v) is 7.82. The topological polar surface area (TPSA) is 110 Å². The lowest BCUT2D eigenvalue weighted by Crippen LogP contribution is -2.24. The Morgan fingerprint density at radius 1 is 1.19 bits per heavy atom. The molecule has 8 nitrogen and oxygen atoms in total. The molecule has 0 aliphatic rings. The number of hydrogen-bond acceptors (Lipinski definition) is 5. The molecule has 0 saturated carbocycles. The molecule has 0 heterocycles. The molecule has 1 amide bonds. The van der Waals surface area contributed by atoms with E-state index >= 15 is 0 Å². The minimum absolute atomic E-state index is 0.0144. The predicted octanol–water partition coefficient (Wildman–Crippen LogP) is 3.06. The van der Waals surface area contributed by atoms with Crippen molar-refractivity contribution in [3.63, 3.8) is 0 Å². The molecule has 0 fully saturated rings. The van der Waals surface area contributed by atoms with Crippen LogP contribution in [0, 0.1) is 17.0 Å². The summed E-state index contributed by atoms with van der Waals surface area (Å²) in [6.07, 6.45) is 0. The van der Waals surface area contributed by atoms with Crippen molar-refractivity contribution < 1.29 is 18.1 Å². The van der Waals surface area contributed by atoms with Crippen molar-refractivity contribution >= 4 is 38.9 Å². The summed E-state index contributed by atoms with van der Waals surface area (Å²) in [6, 6.07) is 7.74. The lowest BCUT2D eigenvalue weighted by atomic mass is 10.1. The fourth-order valence-corrected chi connectivity index (χ4v) is 3.45. The Balaban J connectivity index is 2.51. The maximum atomic E-state index is 12.6. The number of amides is 1. The standard InChI is InChI=1S/C16H16ClN3O5S/c1-10-4-6-12(9-15(10)20(22)23)26(24,25)18-14-8-11(17)5-7-13(14)16(21)19(2)3/h4-9,18H,1-3H3. The first-order chi connectivity index (χ1) is 12.0. The quantitative estimate of drug-likeness (QED) is 0.615. The Kier molecular flexibility index (Phi) is 5.53. The van der Waals surface area contributed by atoms with Gasteiger partial charge in [0.1, 0.15) is 0 Å². The Labute approximate surface area is 155 Å². The van der Waals surface area contributed by atoms with Crippen molar-refractivity contribution in [3.8, 4) is 0 Å². The van der Waals surface area contributed by atoms with Gasteiger partial charge < -0.3 is 4.90 Å². The maximum Gasteiger partial charge on any atom is 0.273 e. The fourth-order valence-electron chi connectivity index (χ4n) is 2.19. The summed E-state index contributed by atoms with van der Waals surface area (Å²) in [5.74, 6) is -0.422. The van der Waals surface area contributed by atoms with Crippen molar-refractivity contribution in [1.82, 2.24) is 4.90 Å². The van der Waals surface area contributed by atoms with E-state index in [2.05, 4.69) is 4.72 Å². The van der Waals surface area contributed by atoms with E-state index in [0.717, 1.165) is 6.07 Å². The number of nitro benzene ring substituents is 1. The monoisotopic (exact) mass is 397 g/mol. The second kappa shape index (κ2) is 7.30. The first kappa shape index (κ1) is 19.7. The van der Waals surface area contributed by atoms with Gasteiger partial charge in [0.15, 0.2) is 0 Å². The van der Waals surface area contributed by atoms with Gasteiger partial charge in [-0.15, -0.1) is 0 Å². The average molecular weight is 398 g/mol. The van der Waals surface area contributed by atoms with Gasteiger partial charge in [0.05, 0.1) is 21.1 Å². The molecule has 1 N–H and O–H groups in total. The van der Waals surface area contributed by atoms with Crippen molar-refractivity contribution in [2.45, 2.75) is 11.8 Å². The molecular formula is C16H16ClN3O5S. The number of nitro groups is 1. The van der Waals surface area contributed by atoms with Crippen molar-refractivity contribution in [3.05, 3.63) is 62.7 Å². The summed E-state index contributed by atoms with van der Waals surface area (Å²) >= 11 is 5.91. The summed E-state index contributed by atoms with van der Waals surface area (Å²) in [7, 11) is -1.12. The highest BCUT2D eigenvalue weighted by atomic mass is 35.5. The largest absolute Gasteiger partial charge is 0.345 e. The van der Waals surface area contributed by atoms with Gasteiger partial charge in [0, 0.05) is 30.7 Å². The van der Waals surface area contributed by atoms with Crippen LogP contribution in [0.2, 0.25) is 5.02 Å². The summed E-state index contributed by atoms with van der Waals surface area (Å²) in [5.41, 5.74) is 0.104. The molecule has 0 saturated heterocycles. The van der Waals surface area contributed by atoms with E-state index in [4.69, 9.17) is 11.6 Å². The lowest BCUT2D eigenvalue weighted by molar-refractivity contribution is -0.385. The van der Waals surface area contributed by atoms with Crippen LogP contribution in [0.25, 0.3) is 0 Å². The summed E-state index contributed by atoms with van der Waals surface area (Å²) in [6.45, 7) is 1.51. The number of nitrogens with one attached hydrogen (secondary N) is 1. The van der Waals surface area contributed by atoms with E-state index in [1.54, 1.807) is 0 Å². The van der Waals surface area contributed by atoms with E-state index in [1.165, 1.54) is 56.3 Å². The van der Waals surface area contributed by atoms with Gasteiger partial charge in [-0.2, -0.15) is 0 Å². The van der Waals surface area contributed by atoms with Crippen LogP contribution in [0.4, 0.5) is 11.4 Å². The zero-order valence-corrected chi connectivity index (χ0v) is 15.8. The molecule has 0 aliphatic carbocycles. The normalized spacial score (nSPS) is 11.1. The second-order valence-electron chi connectivity index (χ2n) is 5.70. The minimum atomic E-state index is -4.17. The van der Waals surface area contributed by atoms with E-state index in [-0.39, 0.29) is 26.9 Å². The van der Waals surface area contributed by atoms with Gasteiger partial charge in [-0.1, -0.05) is 17.7 Å². The molecule has 0 aliphatic heterocycles. The minimum Gasteiger partial charge on any atom is -0.345 e. The smallest absolute Gasteiger partial charge is 0.273 e. The predicted molar refractivity (Wildman–Crippen MR) is 98.1 cm³/mol. The van der Waals surface area contributed by atoms with Crippen LogP contribution >= 0.6 is 11.6 Å². The molecule has 0 unspecified atom stereocenters. The number of carbonyl (C=O) groups is 1. The van der Waals surface area contributed by atoms with E-state index in [1.807, 2.05) is 0 Å². The summed E-state index contributed by atoms with van der Waals surface area (Å²) in [4.78, 5) is 23.6. The Bertz CT molecular complexity index is 989. The van der Waals surface area contributed by atoms with Crippen LogP contribution in [-0.4, -0.2) is 38.2 Å². The van der Waals surface area contributed by atoms with E-state index < -0.39 is 20.9 Å². The van der Waals surface area contributed by atoms with Gasteiger partial charge >= 0.3 is 0 Å². The third-order valence-corrected chi connectivity index (χ3v) is 5.15. The molecule has 0 spiro atoms. The number of aryl methyl sites for hydroxylation is 1. The molecular weight excluding hydrogens is 382 g/mol. The average Bonchev–Trinajstić information content (AvgIpc) is 2.53. The molecule has 26 heavy (non-hydrogen) atoms. The first-order valence-electron chi connectivity index (χ1n) is 7.32. The number of halogens is 1. The third-order valence-electron chi connectivity index (χ3n) is 3.55. The fraction of sp³-hybridized carbons (Fsp3) is 0.188. The van der Waals surface area contributed by atoms with Gasteiger partial charge in [0.2, 0.25) is 0 Å². The van der Waals surface area contributed by atoms with E-state index in [9.17, 15) is 23.3 Å². The molecule has 2 rings (SSSR count). The van der Waals surface area contributed by atoms with Crippen molar-refractivity contribution in [2.75, 3.05) is 18.8 Å². The van der Waals surface area contributed by atoms with Gasteiger partial charge in [-0.3, -0.25) is 19.6 Å². The van der Waals surface area contributed by atoms with Crippen molar-refractivity contribution in [1.29, 1.82) is 0 Å². The third kappa shape index (κ3) is 4.12. The zero-order valence-electron chi connectivity index (χ0n) is 14.2. The highest BCUT2D eigenvalue weighted by molar-refractivity contribution is 7.92. The van der Waals surface area contributed by atoms with E-state index in [0.29, 0.717) is 5.56 Å². The summed E-state index contributed by atoms with van der Waals surface area (Å²) < 4.78 is 27.6.